The van der Waals surface area contributed by atoms with Crippen LogP contribution in [0.25, 0.3) is 0 Å². The van der Waals surface area contributed by atoms with Crippen molar-refractivity contribution in [3.8, 4) is 11.5 Å². The summed E-state index contributed by atoms with van der Waals surface area (Å²) in [4.78, 5) is 15.0. The maximum Gasteiger partial charge on any atom is 0.224 e. The lowest BCUT2D eigenvalue weighted by Gasteiger charge is -2.35. The molecule has 0 spiro atoms. The molecule has 1 unspecified atom stereocenters. The number of methoxy groups -OCH3 is 2. The number of hydrogen-bond acceptors (Lipinski definition) is 5. The first-order chi connectivity index (χ1) is 14.1. The number of carbonyl (C=O) groups excluding carboxylic acids is 1. The number of morpholine rings is 1. The Morgan fingerprint density at radius 2 is 1.83 bits per heavy atom. The van der Waals surface area contributed by atoms with Gasteiger partial charge in [-0.1, -0.05) is 35.9 Å². The molecule has 1 saturated heterocycles. The Labute approximate surface area is 172 Å². The maximum absolute atomic E-state index is 12.7. The number of nitrogens with one attached hydrogen (secondary N) is 1. The van der Waals surface area contributed by atoms with Gasteiger partial charge in [0.15, 0.2) is 0 Å². The quantitative estimate of drug-likeness (QED) is 0.741. The van der Waals surface area contributed by atoms with Crippen molar-refractivity contribution in [2.75, 3.05) is 47.1 Å². The van der Waals surface area contributed by atoms with Crippen LogP contribution in [0.15, 0.2) is 42.5 Å². The second kappa shape index (κ2) is 10.3. The molecule has 1 atom stereocenters. The first-order valence-electron chi connectivity index (χ1n) is 9.96. The average molecular weight is 399 g/mol. The first kappa shape index (κ1) is 21.1. The molecular weight excluding hydrogens is 368 g/mol. The molecule has 3 rings (SSSR count). The van der Waals surface area contributed by atoms with E-state index in [4.69, 9.17) is 14.2 Å². The molecule has 1 aliphatic rings. The van der Waals surface area contributed by atoms with Gasteiger partial charge >= 0.3 is 0 Å². The molecular formula is C23H30N2O4. The number of ether oxygens (including phenoxy) is 3. The van der Waals surface area contributed by atoms with Gasteiger partial charge in [0, 0.05) is 31.3 Å². The van der Waals surface area contributed by atoms with Gasteiger partial charge in [-0.3, -0.25) is 9.69 Å². The van der Waals surface area contributed by atoms with E-state index < -0.39 is 0 Å². The van der Waals surface area contributed by atoms with Crippen molar-refractivity contribution < 1.29 is 19.0 Å². The molecule has 0 bridgehead atoms. The summed E-state index contributed by atoms with van der Waals surface area (Å²) in [6.07, 6.45) is 0.261. The zero-order valence-corrected chi connectivity index (χ0v) is 17.4. The van der Waals surface area contributed by atoms with Gasteiger partial charge in [-0.25, -0.2) is 0 Å². The molecule has 2 aromatic carbocycles. The molecule has 1 heterocycles. The third-order valence-corrected chi connectivity index (χ3v) is 5.29. The lowest BCUT2D eigenvalue weighted by atomic mass is 10.0. The smallest absolute Gasteiger partial charge is 0.224 e. The highest BCUT2D eigenvalue weighted by atomic mass is 16.5. The summed E-state index contributed by atoms with van der Waals surface area (Å²) in [6, 6.07) is 14.2. The fraction of sp³-hybridized carbons (Fsp3) is 0.435. The van der Waals surface area contributed by atoms with Crippen molar-refractivity contribution in [2.45, 2.75) is 19.4 Å². The number of amides is 1. The van der Waals surface area contributed by atoms with E-state index in [0.717, 1.165) is 31.9 Å². The van der Waals surface area contributed by atoms with Gasteiger partial charge in [0.25, 0.3) is 0 Å². The minimum Gasteiger partial charge on any atom is -0.497 e. The standard InChI is InChI=1S/C23H30N2O4/c1-17-4-6-18(7-5-17)21(25-10-12-29-13-11-25)16-24-23(26)14-19-8-9-20(27-2)15-22(19)28-3/h4-9,15,21H,10-14,16H2,1-3H3,(H,24,26). The number of hydrogen-bond donors (Lipinski definition) is 1. The molecule has 0 aliphatic carbocycles. The van der Waals surface area contributed by atoms with Gasteiger partial charge in [0.2, 0.25) is 5.91 Å². The van der Waals surface area contributed by atoms with E-state index in [1.165, 1.54) is 11.1 Å². The summed E-state index contributed by atoms with van der Waals surface area (Å²) in [5, 5.41) is 3.11. The number of aryl methyl sites for hydroxylation is 1. The highest BCUT2D eigenvalue weighted by Crippen LogP contribution is 2.25. The zero-order valence-electron chi connectivity index (χ0n) is 17.4. The summed E-state index contributed by atoms with van der Waals surface area (Å²) in [5.41, 5.74) is 3.27. The van der Waals surface area contributed by atoms with E-state index in [9.17, 15) is 4.79 Å². The Hall–Kier alpha value is -2.57. The third kappa shape index (κ3) is 5.71. The number of carbonyl (C=O) groups is 1. The Morgan fingerprint density at radius 1 is 1.10 bits per heavy atom. The van der Waals surface area contributed by atoms with Gasteiger partial charge in [0.1, 0.15) is 11.5 Å². The fourth-order valence-electron chi connectivity index (χ4n) is 3.58. The minimum atomic E-state index is -0.0289. The Bertz CT molecular complexity index is 801. The van der Waals surface area contributed by atoms with Gasteiger partial charge in [-0.05, 0) is 18.6 Å². The summed E-state index contributed by atoms with van der Waals surface area (Å²) in [7, 11) is 3.21. The van der Waals surface area contributed by atoms with Crippen molar-refractivity contribution in [1.82, 2.24) is 10.2 Å². The highest BCUT2D eigenvalue weighted by Gasteiger charge is 2.23. The van der Waals surface area contributed by atoms with E-state index in [1.54, 1.807) is 20.3 Å². The van der Waals surface area contributed by atoms with Crippen molar-refractivity contribution in [3.63, 3.8) is 0 Å². The molecule has 1 N–H and O–H groups in total. The molecule has 0 saturated carbocycles. The van der Waals surface area contributed by atoms with Crippen molar-refractivity contribution in [3.05, 3.63) is 59.2 Å². The molecule has 1 amide bonds. The van der Waals surface area contributed by atoms with Crippen LogP contribution in [-0.4, -0.2) is 57.9 Å². The van der Waals surface area contributed by atoms with Crippen LogP contribution in [-0.2, 0) is 16.0 Å². The lowest BCUT2D eigenvalue weighted by molar-refractivity contribution is -0.120. The summed E-state index contributed by atoms with van der Waals surface area (Å²) in [5.74, 6) is 1.33. The molecule has 1 fully saturated rings. The minimum absolute atomic E-state index is 0.0289. The molecule has 6 heteroatoms. The Balaban J connectivity index is 1.67. The van der Waals surface area contributed by atoms with Gasteiger partial charge in [0.05, 0.1) is 39.9 Å². The fourth-order valence-corrected chi connectivity index (χ4v) is 3.58. The van der Waals surface area contributed by atoms with Crippen LogP contribution in [0.3, 0.4) is 0 Å². The average Bonchev–Trinajstić information content (AvgIpc) is 2.76. The Morgan fingerprint density at radius 3 is 2.48 bits per heavy atom. The van der Waals surface area contributed by atoms with Gasteiger partial charge in [-0.15, -0.1) is 0 Å². The van der Waals surface area contributed by atoms with Crippen LogP contribution in [0.5, 0.6) is 11.5 Å². The van der Waals surface area contributed by atoms with Crippen LogP contribution >= 0.6 is 0 Å². The highest BCUT2D eigenvalue weighted by molar-refractivity contribution is 5.79. The Kier molecular flexibility index (Phi) is 7.49. The molecule has 0 aromatic heterocycles. The number of benzene rings is 2. The zero-order chi connectivity index (χ0) is 20.6. The molecule has 156 valence electrons. The molecule has 29 heavy (non-hydrogen) atoms. The lowest BCUT2D eigenvalue weighted by Crippen LogP contribution is -2.44. The second-order valence-corrected chi connectivity index (χ2v) is 7.23. The second-order valence-electron chi connectivity index (χ2n) is 7.23. The van der Waals surface area contributed by atoms with Crippen LogP contribution < -0.4 is 14.8 Å². The first-order valence-corrected chi connectivity index (χ1v) is 9.96. The van der Waals surface area contributed by atoms with Gasteiger partial charge < -0.3 is 19.5 Å². The van der Waals surface area contributed by atoms with Crippen LogP contribution in [0.1, 0.15) is 22.7 Å². The van der Waals surface area contributed by atoms with Crippen LogP contribution in [0.2, 0.25) is 0 Å². The third-order valence-electron chi connectivity index (χ3n) is 5.29. The predicted octanol–water partition coefficient (Wildman–Crippen LogP) is 2.74. The topological polar surface area (TPSA) is 60.0 Å². The predicted molar refractivity (Wildman–Crippen MR) is 113 cm³/mol. The van der Waals surface area contributed by atoms with E-state index in [-0.39, 0.29) is 18.4 Å². The van der Waals surface area contributed by atoms with Crippen LogP contribution in [0.4, 0.5) is 0 Å². The summed E-state index contributed by atoms with van der Waals surface area (Å²) < 4.78 is 16.1. The maximum atomic E-state index is 12.7. The number of rotatable bonds is 8. The van der Waals surface area contributed by atoms with Crippen molar-refractivity contribution in [2.24, 2.45) is 0 Å². The largest absolute Gasteiger partial charge is 0.497 e. The normalized spacial score (nSPS) is 15.6. The molecule has 6 nitrogen and oxygen atoms in total. The van der Waals surface area contributed by atoms with E-state index >= 15 is 0 Å². The van der Waals surface area contributed by atoms with E-state index in [2.05, 4.69) is 41.4 Å². The van der Waals surface area contributed by atoms with E-state index in [0.29, 0.717) is 18.0 Å². The molecule has 2 aromatic rings. The summed E-state index contributed by atoms with van der Waals surface area (Å²) >= 11 is 0. The number of nitrogens with zero attached hydrogens (tertiary/aromatic N) is 1. The molecule has 0 radical (unpaired) electrons. The van der Waals surface area contributed by atoms with E-state index in [1.807, 2.05) is 12.1 Å². The van der Waals surface area contributed by atoms with Crippen molar-refractivity contribution in [1.29, 1.82) is 0 Å². The van der Waals surface area contributed by atoms with Crippen molar-refractivity contribution >= 4 is 5.91 Å². The van der Waals surface area contributed by atoms with Gasteiger partial charge in [-0.2, -0.15) is 0 Å². The molecule has 1 aliphatic heterocycles. The monoisotopic (exact) mass is 398 g/mol. The SMILES string of the molecule is COc1ccc(CC(=O)NCC(c2ccc(C)cc2)N2CCOCC2)c(OC)c1. The summed E-state index contributed by atoms with van der Waals surface area (Å²) in [6.45, 7) is 5.80. The van der Waals surface area contributed by atoms with Crippen LogP contribution in [0, 0.1) is 6.92 Å².